The lowest BCUT2D eigenvalue weighted by Crippen LogP contribution is -2.29. The van der Waals surface area contributed by atoms with Gasteiger partial charge in [-0.3, -0.25) is 4.98 Å². The highest BCUT2D eigenvalue weighted by atomic mass is 32.2. The van der Waals surface area contributed by atoms with E-state index in [4.69, 9.17) is 10.5 Å². The molecule has 2 rings (SSSR count). The lowest BCUT2D eigenvalue weighted by atomic mass is 10.2. The fourth-order valence-corrected chi connectivity index (χ4v) is 3.45. The van der Waals surface area contributed by atoms with Gasteiger partial charge in [-0.2, -0.15) is 0 Å². The van der Waals surface area contributed by atoms with Crippen molar-refractivity contribution < 1.29 is 13.2 Å². The minimum atomic E-state index is -3.60. The Hall–Kier alpha value is -1.70. The number of pyridine rings is 1. The molecule has 0 radical (unpaired) electrons. The summed E-state index contributed by atoms with van der Waals surface area (Å²) in [5, 5.41) is 0.642. The molecule has 0 unspecified atom stereocenters. The molecule has 1 heterocycles. The van der Waals surface area contributed by atoms with Crippen molar-refractivity contribution in [2.75, 3.05) is 33.0 Å². The number of nitrogen functional groups attached to an aromatic ring is 1. The number of nitrogens with two attached hydrogens (primary N) is 1. The monoisotopic (exact) mass is 309 g/mol. The fraction of sp³-hybridized carbons (Fsp3) is 0.357. The van der Waals surface area contributed by atoms with Crippen LogP contribution in [0.3, 0.4) is 0 Å². The Kier molecular flexibility index (Phi) is 4.76. The minimum absolute atomic E-state index is 0.173. The van der Waals surface area contributed by atoms with E-state index in [-0.39, 0.29) is 4.90 Å². The van der Waals surface area contributed by atoms with Gasteiger partial charge in [0.2, 0.25) is 10.0 Å². The molecule has 0 saturated carbocycles. The predicted molar refractivity (Wildman–Crippen MR) is 82.5 cm³/mol. The van der Waals surface area contributed by atoms with E-state index >= 15 is 0 Å². The first-order chi connectivity index (χ1) is 9.98. The molecule has 21 heavy (non-hydrogen) atoms. The number of nitrogens with zero attached hydrogens (tertiary/aromatic N) is 2. The molecule has 114 valence electrons. The van der Waals surface area contributed by atoms with Crippen LogP contribution in [-0.4, -0.2) is 45.0 Å². The van der Waals surface area contributed by atoms with Crippen molar-refractivity contribution in [1.29, 1.82) is 0 Å². The Morgan fingerprint density at radius 1 is 1.33 bits per heavy atom. The standard InChI is InChI=1S/C14H19N3O3S/c1-17(9-4-10-20-2)21(18,19)13-7-6-12(15)11-5-3-8-16-14(11)13/h3,5-8H,4,9-10,15H2,1-2H3. The summed E-state index contributed by atoms with van der Waals surface area (Å²) in [6, 6.07) is 6.60. The summed E-state index contributed by atoms with van der Waals surface area (Å²) < 4.78 is 31.6. The molecule has 1 aromatic carbocycles. The van der Waals surface area contributed by atoms with Crippen molar-refractivity contribution in [2.24, 2.45) is 0 Å². The molecular weight excluding hydrogens is 290 g/mol. The van der Waals surface area contributed by atoms with Gasteiger partial charge in [0.25, 0.3) is 0 Å². The van der Waals surface area contributed by atoms with Gasteiger partial charge in [0.05, 0.1) is 5.52 Å². The van der Waals surface area contributed by atoms with Crippen LogP contribution in [0.5, 0.6) is 0 Å². The molecule has 0 amide bonds. The molecule has 0 aliphatic rings. The molecule has 0 aliphatic carbocycles. The number of sulfonamides is 1. The normalized spacial score (nSPS) is 12.1. The van der Waals surface area contributed by atoms with Crippen LogP contribution in [0.4, 0.5) is 5.69 Å². The van der Waals surface area contributed by atoms with Gasteiger partial charge in [0.15, 0.2) is 0 Å². The zero-order chi connectivity index (χ0) is 15.5. The van der Waals surface area contributed by atoms with Gasteiger partial charge in [-0.25, -0.2) is 12.7 Å². The first kappa shape index (κ1) is 15.7. The van der Waals surface area contributed by atoms with E-state index in [0.29, 0.717) is 36.2 Å². The molecule has 0 aliphatic heterocycles. The van der Waals surface area contributed by atoms with Crippen LogP contribution >= 0.6 is 0 Å². The summed E-state index contributed by atoms with van der Waals surface area (Å²) in [4.78, 5) is 4.35. The van der Waals surface area contributed by atoms with Crippen LogP contribution in [0.25, 0.3) is 10.9 Å². The van der Waals surface area contributed by atoms with Gasteiger partial charge >= 0.3 is 0 Å². The minimum Gasteiger partial charge on any atom is -0.398 e. The molecule has 0 bridgehead atoms. The van der Waals surface area contributed by atoms with E-state index in [1.165, 1.54) is 10.4 Å². The number of benzene rings is 1. The maximum absolute atomic E-state index is 12.7. The zero-order valence-electron chi connectivity index (χ0n) is 12.1. The number of fused-ring (bicyclic) bond motifs is 1. The number of anilines is 1. The summed E-state index contributed by atoms with van der Waals surface area (Å²) >= 11 is 0. The highest BCUT2D eigenvalue weighted by molar-refractivity contribution is 7.89. The Morgan fingerprint density at radius 3 is 2.81 bits per heavy atom. The van der Waals surface area contributed by atoms with Crippen molar-refractivity contribution in [3.05, 3.63) is 30.5 Å². The second-order valence-corrected chi connectivity index (χ2v) is 6.74. The summed E-state index contributed by atoms with van der Waals surface area (Å²) in [6.07, 6.45) is 2.19. The van der Waals surface area contributed by atoms with Crippen LogP contribution in [0.1, 0.15) is 6.42 Å². The smallest absolute Gasteiger partial charge is 0.244 e. The van der Waals surface area contributed by atoms with E-state index in [1.807, 2.05) is 0 Å². The number of ether oxygens (including phenoxy) is 1. The topological polar surface area (TPSA) is 85.5 Å². The quantitative estimate of drug-likeness (QED) is 0.645. The predicted octanol–water partition coefficient (Wildman–Crippen LogP) is 1.47. The van der Waals surface area contributed by atoms with E-state index < -0.39 is 10.0 Å². The maximum Gasteiger partial charge on any atom is 0.244 e. The van der Waals surface area contributed by atoms with Crippen molar-refractivity contribution in [3.8, 4) is 0 Å². The average Bonchev–Trinajstić information content (AvgIpc) is 2.47. The molecule has 0 fully saturated rings. The number of rotatable bonds is 6. The first-order valence-corrected chi connectivity index (χ1v) is 8.01. The SMILES string of the molecule is COCCCN(C)S(=O)(=O)c1ccc(N)c2cccnc12. The lowest BCUT2D eigenvalue weighted by Gasteiger charge is -2.18. The van der Waals surface area contributed by atoms with E-state index in [9.17, 15) is 8.42 Å². The third-order valence-electron chi connectivity index (χ3n) is 3.28. The molecule has 2 N–H and O–H groups in total. The Bertz CT molecular complexity index is 731. The molecule has 7 heteroatoms. The molecule has 6 nitrogen and oxygen atoms in total. The Morgan fingerprint density at radius 2 is 2.10 bits per heavy atom. The lowest BCUT2D eigenvalue weighted by molar-refractivity contribution is 0.189. The zero-order valence-corrected chi connectivity index (χ0v) is 12.9. The van der Waals surface area contributed by atoms with Gasteiger partial charge in [-0.15, -0.1) is 0 Å². The van der Waals surface area contributed by atoms with Gasteiger partial charge in [0.1, 0.15) is 4.90 Å². The third-order valence-corrected chi connectivity index (χ3v) is 5.16. The highest BCUT2D eigenvalue weighted by Gasteiger charge is 2.23. The largest absolute Gasteiger partial charge is 0.398 e. The number of aromatic nitrogens is 1. The summed E-state index contributed by atoms with van der Waals surface area (Å²) in [5.74, 6) is 0. The van der Waals surface area contributed by atoms with Gasteiger partial charge < -0.3 is 10.5 Å². The summed E-state index contributed by atoms with van der Waals surface area (Å²) in [6.45, 7) is 0.898. The van der Waals surface area contributed by atoms with E-state index in [0.717, 1.165) is 0 Å². The van der Waals surface area contributed by atoms with Crippen LogP contribution in [0, 0.1) is 0 Å². The van der Waals surface area contributed by atoms with Gasteiger partial charge in [0, 0.05) is 44.6 Å². The fourth-order valence-electron chi connectivity index (χ4n) is 2.10. The van der Waals surface area contributed by atoms with Crippen LogP contribution in [0.15, 0.2) is 35.4 Å². The number of methoxy groups -OCH3 is 1. The third kappa shape index (κ3) is 3.15. The molecule has 2 aromatic rings. The van der Waals surface area contributed by atoms with Crippen molar-refractivity contribution in [2.45, 2.75) is 11.3 Å². The van der Waals surface area contributed by atoms with Gasteiger partial charge in [-0.05, 0) is 30.7 Å². The van der Waals surface area contributed by atoms with E-state index in [1.54, 1.807) is 38.6 Å². The summed E-state index contributed by atoms with van der Waals surface area (Å²) in [7, 11) is -0.462. The van der Waals surface area contributed by atoms with Crippen molar-refractivity contribution in [3.63, 3.8) is 0 Å². The molecular formula is C14H19N3O3S. The van der Waals surface area contributed by atoms with Crippen molar-refractivity contribution >= 4 is 26.6 Å². The molecule has 0 atom stereocenters. The highest BCUT2D eigenvalue weighted by Crippen LogP contribution is 2.27. The van der Waals surface area contributed by atoms with Crippen LogP contribution in [0.2, 0.25) is 0 Å². The maximum atomic E-state index is 12.7. The van der Waals surface area contributed by atoms with Crippen LogP contribution in [-0.2, 0) is 14.8 Å². The molecule has 0 spiro atoms. The van der Waals surface area contributed by atoms with Gasteiger partial charge in [-0.1, -0.05) is 0 Å². The van der Waals surface area contributed by atoms with E-state index in [2.05, 4.69) is 4.98 Å². The van der Waals surface area contributed by atoms with Crippen LogP contribution < -0.4 is 5.73 Å². The molecule has 1 aromatic heterocycles. The Balaban J connectivity index is 2.43. The number of hydrogen-bond acceptors (Lipinski definition) is 5. The van der Waals surface area contributed by atoms with Crippen molar-refractivity contribution in [1.82, 2.24) is 9.29 Å². The second-order valence-electron chi connectivity index (χ2n) is 4.73. The molecule has 0 saturated heterocycles. The second kappa shape index (κ2) is 6.38. The number of hydrogen-bond donors (Lipinski definition) is 1. The first-order valence-electron chi connectivity index (χ1n) is 6.57. The summed E-state index contributed by atoms with van der Waals surface area (Å²) in [5.41, 5.74) is 6.79. The average molecular weight is 309 g/mol. The Labute approximate surface area is 124 Å².